The lowest BCUT2D eigenvalue weighted by atomic mass is 9.80. The van der Waals surface area contributed by atoms with E-state index in [0.29, 0.717) is 92.5 Å². The van der Waals surface area contributed by atoms with Crippen LogP contribution in [-0.2, 0) is 43.5 Å². The van der Waals surface area contributed by atoms with Gasteiger partial charge >= 0.3 is 0 Å². The van der Waals surface area contributed by atoms with Gasteiger partial charge in [0.25, 0.3) is 0 Å². The Kier molecular flexibility index (Phi) is 17.7. The summed E-state index contributed by atoms with van der Waals surface area (Å²) < 4.78 is 44.8. The van der Waals surface area contributed by atoms with E-state index in [1.165, 1.54) is 0 Å². The van der Waals surface area contributed by atoms with Crippen LogP contribution in [0.2, 0.25) is 0 Å². The van der Waals surface area contributed by atoms with Gasteiger partial charge in [-0.1, -0.05) is 91.0 Å². The minimum absolute atomic E-state index is 0.426. The van der Waals surface area contributed by atoms with Crippen molar-refractivity contribution in [3.8, 4) is 0 Å². The van der Waals surface area contributed by atoms with Gasteiger partial charge < -0.3 is 37.9 Å². The molecule has 0 fully saturated rings. The van der Waals surface area contributed by atoms with Crippen molar-refractivity contribution in [2.24, 2.45) is 0 Å². The molecule has 0 aliphatic carbocycles. The Morgan fingerprint density at radius 3 is 0.905 bits per heavy atom. The molecule has 0 atom stereocenters. The first-order valence-corrected chi connectivity index (χ1v) is 14.6. The molecule has 3 aromatic rings. The standard InChI is InChI=1S/C34H46O8/c1-35-17-18-36-19-20-37-21-22-38-23-24-39-25-26-40-27-28-41-29-30-42-34(31-11-5-2-6-12-31,32-13-7-3-8-14-32)33-15-9-4-10-16-33/h2-16H,17-30H2,1H3. The molecule has 0 N–H and O–H groups in total. The van der Waals surface area contributed by atoms with Crippen LogP contribution in [-0.4, -0.2) is 99.6 Å². The minimum atomic E-state index is -0.739. The van der Waals surface area contributed by atoms with Gasteiger partial charge in [-0.05, 0) is 16.7 Å². The van der Waals surface area contributed by atoms with Crippen LogP contribution in [0.1, 0.15) is 16.7 Å². The SMILES string of the molecule is COCCOCCOCCOCCOCCOCCOCCOC(c1ccccc1)(c1ccccc1)c1ccccc1. The normalized spacial score (nSPS) is 11.6. The largest absolute Gasteiger partial charge is 0.382 e. The average molecular weight is 583 g/mol. The third kappa shape index (κ3) is 12.3. The van der Waals surface area contributed by atoms with Crippen LogP contribution in [0.5, 0.6) is 0 Å². The summed E-state index contributed by atoms with van der Waals surface area (Å²) >= 11 is 0. The van der Waals surface area contributed by atoms with Crippen molar-refractivity contribution in [2.75, 3.05) is 99.6 Å². The predicted molar refractivity (Wildman–Crippen MR) is 162 cm³/mol. The summed E-state index contributed by atoms with van der Waals surface area (Å²) in [5.74, 6) is 0. The van der Waals surface area contributed by atoms with Crippen LogP contribution < -0.4 is 0 Å². The van der Waals surface area contributed by atoms with E-state index in [0.717, 1.165) is 16.7 Å². The molecule has 3 aromatic carbocycles. The molecule has 8 heteroatoms. The van der Waals surface area contributed by atoms with Gasteiger partial charge in [-0.25, -0.2) is 0 Å². The molecule has 0 bridgehead atoms. The van der Waals surface area contributed by atoms with Crippen molar-refractivity contribution < 1.29 is 37.9 Å². The van der Waals surface area contributed by atoms with Gasteiger partial charge in [0.1, 0.15) is 5.60 Å². The van der Waals surface area contributed by atoms with Crippen molar-refractivity contribution in [1.82, 2.24) is 0 Å². The Labute approximate surface area is 250 Å². The van der Waals surface area contributed by atoms with E-state index < -0.39 is 5.60 Å². The summed E-state index contributed by atoms with van der Waals surface area (Å²) in [5.41, 5.74) is 2.48. The zero-order valence-corrected chi connectivity index (χ0v) is 24.8. The van der Waals surface area contributed by atoms with Crippen molar-refractivity contribution >= 4 is 0 Å². The van der Waals surface area contributed by atoms with Crippen molar-refractivity contribution in [3.05, 3.63) is 108 Å². The molecule has 0 saturated heterocycles. The zero-order chi connectivity index (χ0) is 29.4. The summed E-state index contributed by atoms with van der Waals surface area (Å²) in [6, 6.07) is 31.0. The summed E-state index contributed by atoms with van der Waals surface area (Å²) in [5, 5.41) is 0. The lowest BCUT2D eigenvalue weighted by Gasteiger charge is -2.36. The highest BCUT2D eigenvalue weighted by Gasteiger charge is 2.37. The molecule has 0 aromatic heterocycles. The van der Waals surface area contributed by atoms with Crippen molar-refractivity contribution in [3.63, 3.8) is 0 Å². The third-order valence-corrected chi connectivity index (χ3v) is 6.38. The topological polar surface area (TPSA) is 73.8 Å². The quantitative estimate of drug-likeness (QED) is 0.105. The molecule has 0 amide bonds. The van der Waals surface area contributed by atoms with Crippen LogP contribution in [0.25, 0.3) is 0 Å². The van der Waals surface area contributed by atoms with Gasteiger partial charge in [-0.15, -0.1) is 0 Å². The number of ether oxygens (including phenoxy) is 8. The molecule has 230 valence electrons. The summed E-state index contributed by atoms with van der Waals surface area (Å²) in [6.45, 7) is 7.26. The third-order valence-electron chi connectivity index (χ3n) is 6.38. The lowest BCUT2D eigenvalue weighted by Crippen LogP contribution is -2.34. The molecule has 8 nitrogen and oxygen atoms in total. The molecule has 0 unspecified atom stereocenters. The van der Waals surface area contributed by atoms with E-state index in [1.807, 2.05) is 54.6 Å². The molecule has 0 heterocycles. The maximum Gasteiger partial charge on any atom is 0.143 e. The molecule has 0 spiro atoms. The Morgan fingerprint density at radius 1 is 0.357 bits per heavy atom. The van der Waals surface area contributed by atoms with E-state index in [1.54, 1.807) is 7.11 Å². The molecule has 0 radical (unpaired) electrons. The maximum atomic E-state index is 6.71. The summed E-state index contributed by atoms with van der Waals surface area (Å²) in [6.07, 6.45) is 0. The molecule has 0 saturated carbocycles. The molecule has 42 heavy (non-hydrogen) atoms. The van der Waals surface area contributed by atoms with Gasteiger partial charge in [0.05, 0.1) is 92.5 Å². The number of benzene rings is 3. The highest BCUT2D eigenvalue weighted by atomic mass is 16.6. The monoisotopic (exact) mass is 582 g/mol. The lowest BCUT2D eigenvalue weighted by molar-refractivity contribution is -0.0396. The van der Waals surface area contributed by atoms with Crippen LogP contribution in [0, 0.1) is 0 Å². The smallest absolute Gasteiger partial charge is 0.143 e. The second-order valence-corrected chi connectivity index (χ2v) is 9.29. The number of hydrogen-bond acceptors (Lipinski definition) is 8. The summed E-state index contributed by atoms with van der Waals surface area (Å²) in [7, 11) is 1.65. The van der Waals surface area contributed by atoms with E-state index in [-0.39, 0.29) is 0 Å². The fraction of sp³-hybridized carbons (Fsp3) is 0.471. The van der Waals surface area contributed by atoms with Crippen molar-refractivity contribution in [1.29, 1.82) is 0 Å². The van der Waals surface area contributed by atoms with E-state index >= 15 is 0 Å². The second kappa shape index (κ2) is 22.0. The fourth-order valence-corrected chi connectivity index (χ4v) is 4.37. The molecular weight excluding hydrogens is 536 g/mol. The zero-order valence-electron chi connectivity index (χ0n) is 24.8. The Morgan fingerprint density at radius 2 is 0.619 bits per heavy atom. The molecule has 0 aliphatic rings. The highest BCUT2D eigenvalue weighted by Crippen LogP contribution is 2.40. The maximum absolute atomic E-state index is 6.71. The van der Waals surface area contributed by atoms with E-state index in [9.17, 15) is 0 Å². The van der Waals surface area contributed by atoms with Gasteiger partial charge in [-0.3, -0.25) is 0 Å². The van der Waals surface area contributed by atoms with Gasteiger partial charge in [0.2, 0.25) is 0 Å². The Balaban J connectivity index is 1.26. The van der Waals surface area contributed by atoms with E-state index in [2.05, 4.69) is 36.4 Å². The van der Waals surface area contributed by atoms with Crippen LogP contribution >= 0.6 is 0 Å². The highest BCUT2D eigenvalue weighted by molar-refractivity contribution is 5.47. The van der Waals surface area contributed by atoms with Crippen molar-refractivity contribution in [2.45, 2.75) is 5.60 Å². The number of hydrogen-bond donors (Lipinski definition) is 0. The minimum Gasteiger partial charge on any atom is -0.382 e. The van der Waals surface area contributed by atoms with Crippen LogP contribution in [0.3, 0.4) is 0 Å². The first-order valence-electron chi connectivity index (χ1n) is 14.6. The fourth-order valence-electron chi connectivity index (χ4n) is 4.37. The van der Waals surface area contributed by atoms with Gasteiger partial charge in [-0.2, -0.15) is 0 Å². The number of methoxy groups -OCH3 is 1. The van der Waals surface area contributed by atoms with Gasteiger partial charge in [0, 0.05) is 7.11 Å². The number of rotatable bonds is 25. The van der Waals surface area contributed by atoms with Crippen LogP contribution in [0.4, 0.5) is 0 Å². The second-order valence-electron chi connectivity index (χ2n) is 9.29. The molecule has 0 aliphatic heterocycles. The van der Waals surface area contributed by atoms with E-state index in [4.69, 9.17) is 37.9 Å². The first kappa shape index (κ1) is 33.8. The molecule has 3 rings (SSSR count). The average Bonchev–Trinajstić information content (AvgIpc) is 3.05. The van der Waals surface area contributed by atoms with Gasteiger partial charge in [0.15, 0.2) is 0 Å². The Hall–Kier alpha value is -2.66. The molecular formula is C34H46O8. The first-order chi connectivity index (χ1) is 20.9. The predicted octanol–water partition coefficient (Wildman–Crippen LogP) is 4.74. The Bertz CT molecular complexity index is 923. The summed E-state index contributed by atoms with van der Waals surface area (Å²) in [4.78, 5) is 0. The van der Waals surface area contributed by atoms with Crippen LogP contribution in [0.15, 0.2) is 91.0 Å².